The molecule has 1 aliphatic heterocycles. The van der Waals surface area contributed by atoms with Gasteiger partial charge in [-0.2, -0.15) is 0 Å². The number of benzene rings is 1. The van der Waals surface area contributed by atoms with E-state index in [1.165, 1.54) is 19.2 Å². The van der Waals surface area contributed by atoms with Crippen molar-refractivity contribution in [3.63, 3.8) is 0 Å². The van der Waals surface area contributed by atoms with Gasteiger partial charge in [-0.3, -0.25) is 4.79 Å². The van der Waals surface area contributed by atoms with E-state index in [0.29, 0.717) is 12.1 Å². The van der Waals surface area contributed by atoms with Crippen LogP contribution in [0.3, 0.4) is 0 Å². The highest BCUT2D eigenvalue weighted by molar-refractivity contribution is 7.89. The Bertz CT molecular complexity index is 753. The van der Waals surface area contributed by atoms with E-state index in [1.54, 1.807) is 24.8 Å². The molecule has 0 radical (unpaired) electrons. The van der Waals surface area contributed by atoms with E-state index in [-0.39, 0.29) is 47.1 Å². The number of hydrogen-bond donors (Lipinski definition) is 2. The van der Waals surface area contributed by atoms with Gasteiger partial charge in [0.05, 0.1) is 7.11 Å². The van der Waals surface area contributed by atoms with E-state index in [2.05, 4.69) is 4.72 Å². The van der Waals surface area contributed by atoms with Crippen molar-refractivity contribution in [2.75, 3.05) is 13.7 Å². The largest absolute Gasteiger partial charge is 0.495 e. The van der Waals surface area contributed by atoms with Gasteiger partial charge in [0.25, 0.3) is 5.91 Å². The maximum absolute atomic E-state index is 13.0. The third-order valence-electron chi connectivity index (χ3n) is 4.51. The maximum atomic E-state index is 13.0. The maximum Gasteiger partial charge on any atom is 0.254 e. The molecule has 0 spiro atoms. The Morgan fingerprint density at radius 2 is 1.96 bits per heavy atom. The van der Waals surface area contributed by atoms with E-state index < -0.39 is 10.0 Å². The Labute approximate surface area is 168 Å². The second-order valence-electron chi connectivity index (χ2n) is 7.06. The Hall–Kier alpha value is -1.35. The van der Waals surface area contributed by atoms with Crippen molar-refractivity contribution in [2.45, 2.75) is 63.1 Å². The van der Waals surface area contributed by atoms with Crippen LogP contribution < -0.4 is 15.2 Å². The minimum atomic E-state index is -3.79. The fourth-order valence-electron chi connectivity index (χ4n) is 3.32. The van der Waals surface area contributed by atoms with Crippen molar-refractivity contribution in [1.82, 2.24) is 9.62 Å². The van der Waals surface area contributed by atoms with Crippen molar-refractivity contribution in [1.29, 1.82) is 0 Å². The summed E-state index contributed by atoms with van der Waals surface area (Å²) in [6.45, 7) is 6.00. The predicted molar refractivity (Wildman–Crippen MR) is 108 cm³/mol. The molecule has 154 valence electrons. The molecule has 2 unspecified atom stereocenters. The first-order valence-corrected chi connectivity index (χ1v) is 10.4. The third kappa shape index (κ3) is 5.57. The number of carbonyl (C=O) groups excluding carboxylic acids is 1. The first-order chi connectivity index (χ1) is 12.2. The zero-order chi connectivity index (χ0) is 19.5. The van der Waals surface area contributed by atoms with Gasteiger partial charge in [0.15, 0.2) is 0 Å². The van der Waals surface area contributed by atoms with E-state index in [4.69, 9.17) is 10.5 Å². The van der Waals surface area contributed by atoms with Crippen LogP contribution in [0, 0.1) is 0 Å². The van der Waals surface area contributed by atoms with Gasteiger partial charge in [0.2, 0.25) is 10.0 Å². The minimum Gasteiger partial charge on any atom is -0.495 e. The summed E-state index contributed by atoms with van der Waals surface area (Å²) in [6.07, 6.45) is 2.82. The van der Waals surface area contributed by atoms with Crippen molar-refractivity contribution < 1.29 is 17.9 Å². The summed E-state index contributed by atoms with van der Waals surface area (Å²) in [5.41, 5.74) is 6.37. The van der Waals surface area contributed by atoms with Gasteiger partial charge in [-0.15, -0.1) is 12.4 Å². The summed E-state index contributed by atoms with van der Waals surface area (Å²) in [7, 11) is -2.38. The molecule has 0 saturated carbocycles. The van der Waals surface area contributed by atoms with E-state index in [9.17, 15) is 13.2 Å². The van der Waals surface area contributed by atoms with Gasteiger partial charge in [0.1, 0.15) is 10.6 Å². The van der Waals surface area contributed by atoms with Crippen LogP contribution in [0.2, 0.25) is 0 Å². The number of nitrogens with zero attached hydrogens (tertiary/aromatic N) is 1. The molecule has 3 N–H and O–H groups in total. The second-order valence-corrected chi connectivity index (χ2v) is 8.74. The summed E-state index contributed by atoms with van der Waals surface area (Å²) < 4.78 is 32.9. The quantitative estimate of drug-likeness (QED) is 0.735. The van der Waals surface area contributed by atoms with Crippen LogP contribution in [0.4, 0.5) is 0 Å². The van der Waals surface area contributed by atoms with Gasteiger partial charge in [-0.05, 0) is 58.2 Å². The highest BCUT2D eigenvalue weighted by Crippen LogP contribution is 2.27. The highest BCUT2D eigenvalue weighted by Gasteiger charge is 2.31. The Morgan fingerprint density at radius 3 is 2.52 bits per heavy atom. The first kappa shape index (κ1) is 23.7. The number of piperidine rings is 1. The molecule has 9 heteroatoms. The number of sulfonamides is 1. The molecule has 27 heavy (non-hydrogen) atoms. The number of nitrogens with one attached hydrogen (secondary N) is 1. The van der Waals surface area contributed by atoms with E-state index in [0.717, 1.165) is 19.3 Å². The summed E-state index contributed by atoms with van der Waals surface area (Å²) >= 11 is 0. The summed E-state index contributed by atoms with van der Waals surface area (Å²) in [4.78, 5) is 14.8. The van der Waals surface area contributed by atoms with Crippen LogP contribution in [-0.2, 0) is 10.0 Å². The van der Waals surface area contributed by atoms with Crippen LogP contribution in [0.15, 0.2) is 23.1 Å². The number of halogens is 1. The lowest BCUT2D eigenvalue weighted by atomic mass is 9.96. The standard InChI is InChI=1S/C18H29N3O4S.ClH/c1-12(2)20-26(23,24)17-11-14(8-9-16(17)25-4)18(22)21-10-6-5-7-15(21)13(3)19;/h8-9,11-13,15,20H,5-7,10,19H2,1-4H3;1H. The molecule has 0 bridgehead atoms. The Kier molecular flexibility index (Phi) is 8.53. The fraction of sp³-hybridized carbons (Fsp3) is 0.611. The van der Waals surface area contributed by atoms with Gasteiger partial charge >= 0.3 is 0 Å². The normalized spacial score (nSPS) is 18.7. The van der Waals surface area contributed by atoms with Crippen LogP contribution in [0.5, 0.6) is 5.75 Å². The molecule has 1 aromatic rings. The monoisotopic (exact) mass is 419 g/mol. The predicted octanol–water partition coefficient (Wildman–Crippen LogP) is 2.15. The molecular formula is C18H30ClN3O4S. The number of nitrogens with two attached hydrogens (primary N) is 1. The van der Waals surface area contributed by atoms with Gasteiger partial charge in [-0.1, -0.05) is 0 Å². The average molecular weight is 420 g/mol. The van der Waals surface area contributed by atoms with Crippen LogP contribution >= 0.6 is 12.4 Å². The zero-order valence-corrected chi connectivity index (χ0v) is 17.9. The van der Waals surface area contributed by atoms with Gasteiger partial charge < -0.3 is 15.4 Å². The summed E-state index contributed by atoms with van der Waals surface area (Å²) in [6, 6.07) is 4.07. The summed E-state index contributed by atoms with van der Waals surface area (Å²) in [5, 5.41) is 0. The molecule has 2 atom stereocenters. The minimum absolute atomic E-state index is 0. The number of methoxy groups -OCH3 is 1. The number of rotatable bonds is 6. The van der Waals surface area contributed by atoms with Gasteiger partial charge in [-0.25, -0.2) is 13.1 Å². The topological polar surface area (TPSA) is 102 Å². The smallest absolute Gasteiger partial charge is 0.254 e. The number of hydrogen-bond acceptors (Lipinski definition) is 5. The lowest BCUT2D eigenvalue weighted by molar-refractivity contribution is 0.0583. The molecule has 0 aromatic heterocycles. The molecule has 7 nitrogen and oxygen atoms in total. The van der Waals surface area contributed by atoms with Crippen molar-refractivity contribution in [2.24, 2.45) is 5.73 Å². The molecule has 1 heterocycles. The molecular weight excluding hydrogens is 390 g/mol. The van der Waals surface area contributed by atoms with Crippen LogP contribution in [-0.4, -0.2) is 51.0 Å². The zero-order valence-electron chi connectivity index (χ0n) is 16.3. The second kappa shape index (κ2) is 9.73. The van der Waals surface area contributed by atoms with Gasteiger partial charge in [0, 0.05) is 30.2 Å². The first-order valence-electron chi connectivity index (χ1n) is 8.94. The lowest BCUT2D eigenvalue weighted by Crippen LogP contribution is -2.51. The van der Waals surface area contributed by atoms with Crippen LogP contribution in [0.1, 0.15) is 50.4 Å². The summed E-state index contributed by atoms with van der Waals surface area (Å²) in [5.74, 6) is 0.00716. The Balaban J connectivity index is 0.00000364. The molecule has 1 amide bonds. The number of ether oxygens (including phenoxy) is 1. The van der Waals surface area contributed by atoms with Crippen LogP contribution in [0.25, 0.3) is 0 Å². The molecule has 1 fully saturated rings. The SMILES string of the molecule is COc1ccc(C(=O)N2CCCCC2C(C)N)cc1S(=O)(=O)NC(C)C.Cl. The molecule has 1 aliphatic rings. The van der Waals surface area contributed by atoms with Crippen molar-refractivity contribution in [3.05, 3.63) is 23.8 Å². The van der Waals surface area contributed by atoms with E-state index >= 15 is 0 Å². The molecule has 0 aliphatic carbocycles. The lowest BCUT2D eigenvalue weighted by Gasteiger charge is -2.38. The molecule has 1 saturated heterocycles. The third-order valence-corrected chi connectivity index (χ3v) is 6.19. The molecule has 2 rings (SSSR count). The molecule has 1 aromatic carbocycles. The van der Waals surface area contributed by atoms with Crippen molar-refractivity contribution in [3.8, 4) is 5.75 Å². The van der Waals surface area contributed by atoms with Crippen molar-refractivity contribution >= 4 is 28.3 Å². The number of amides is 1. The number of likely N-dealkylation sites (tertiary alicyclic amines) is 1. The average Bonchev–Trinajstić information content (AvgIpc) is 2.59. The van der Waals surface area contributed by atoms with E-state index in [1.807, 2.05) is 6.92 Å². The number of carbonyl (C=O) groups is 1. The highest BCUT2D eigenvalue weighted by atomic mass is 35.5. The Morgan fingerprint density at radius 1 is 1.30 bits per heavy atom. The fourth-order valence-corrected chi connectivity index (χ4v) is 4.76.